The number of benzene rings is 2. The number of hydrazine groups is 1. The number of anilines is 1. The molecule has 0 fully saturated rings. The van der Waals surface area contributed by atoms with Crippen LogP contribution in [0.2, 0.25) is 0 Å². The number of hydrogen-bond acceptors (Lipinski definition) is 5. The number of amides is 1. The molecule has 1 heterocycles. The summed E-state index contributed by atoms with van der Waals surface area (Å²) in [7, 11) is 1.56. The van der Waals surface area contributed by atoms with Gasteiger partial charge in [0.1, 0.15) is 5.75 Å². The molecular weight excluding hydrogens is 332 g/mol. The van der Waals surface area contributed by atoms with E-state index in [9.17, 15) is 9.59 Å². The quantitative estimate of drug-likeness (QED) is 0.664. The summed E-state index contributed by atoms with van der Waals surface area (Å²) in [5.41, 5.74) is 6.56. The molecule has 0 saturated heterocycles. The molecule has 0 bridgehead atoms. The Bertz CT molecular complexity index is 997. The lowest BCUT2D eigenvalue weighted by atomic mass is 10.1. The van der Waals surface area contributed by atoms with Gasteiger partial charge in [-0.2, -0.15) is 0 Å². The molecule has 0 aliphatic rings. The number of carbonyl (C=O) groups is 1. The van der Waals surface area contributed by atoms with Crippen LogP contribution in [0.5, 0.6) is 5.75 Å². The molecule has 134 valence electrons. The molecule has 7 nitrogen and oxygen atoms in total. The second-order valence-electron chi connectivity index (χ2n) is 5.66. The van der Waals surface area contributed by atoms with E-state index in [4.69, 9.17) is 4.74 Å². The highest BCUT2D eigenvalue weighted by atomic mass is 16.5. The molecule has 0 atom stereocenters. The van der Waals surface area contributed by atoms with E-state index in [-0.39, 0.29) is 17.9 Å². The normalized spacial score (nSPS) is 10.5. The lowest BCUT2D eigenvalue weighted by molar-refractivity contribution is -0.120. The summed E-state index contributed by atoms with van der Waals surface area (Å²) in [6, 6.07) is 14.4. The molecule has 1 aromatic heterocycles. The highest BCUT2D eigenvalue weighted by molar-refractivity contribution is 5.81. The third kappa shape index (κ3) is 3.51. The monoisotopic (exact) mass is 352 g/mol. The maximum Gasteiger partial charge on any atom is 0.262 e. The van der Waals surface area contributed by atoms with Gasteiger partial charge in [0.25, 0.3) is 5.56 Å². The summed E-state index contributed by atoms with van der Waals surface area (Å²) in [6.07, 6.45) is 0.140. The standard InChI is InChI=1S/C19H20N4O3/c1-3-23-18(25)14-9-5-6-10-15(14)20-19(23)22-21-17(24)12-13-8-4-7-11-16(13)26-2/h4-11H,3,12H2,1-2H3,(H,20,22)(H,21,24). The van der Waals surface area contributed by atoms with Gasteiger partial charge in [-0.3, -0.25) is 25.0 Å². The van der Waals surface area contributed by atoms with Crippen LogP contribution < -0.4 is 21.1 Å². The minimum absolute atomic E-state index is 0.140. The molecular formula is C19H20N4O3. The SMILES string of the molecule is CCn1c(NNC(=O)Cc2ccccc2OC)nc2ccccc2c1=O. The van der Waals surface area contributed by atoms with Crippen LogP contribution in [0.4, 0.5) is 5.95 Å². The van der Waals surface area contributed by atoms with Crippen molar-refractivity contribution < 1.29 is 9.53 Å². The number of nitrogens with zero attached hydrogens (tertiary/aromatic N) is 2. The van der Waals surface area contributed by atoms with Crippen LogP contribution in [-0.4, -0.2) is 22.6 Å². The largest absolute Gasteiger partial charge is 0.496 e. The molecule has 26 heavy (non-hydrogen) atoms. The first-order valence-electron chi connectivity index (χ1n) is 8.30. The van der Waals surface area contributed by atoms with Gasteiger partial charge in [0.15, 0.2) is 0 Å². The van der Waals surface area contributed by atoms with Crippen molar-refractivity contribution in [1.29, 1.82) is 0 Å². The Morgan fingerprint density at radius 2 is 1.88 bits per heavy atom. The van der Waals surface area contributed by atoms with Gasteiger partial charge in [-0.15, -0.1) is 0 Å². The number of aromatic nitrogens is 2. The molecule has 0 aliphatic heterocycles. The Morgan fingerprint density at radius 3 is 2.65 bits per heavy atom. The molecule has 2 N–H and O–H groups in total. The van der Waals surface area contributed by atoms with E-state index in [1.54, 1.807) is 31.4 Å². The third-order valence-electron chi connectivity index (χ3n) is 4.04. The number of carbonyl (C=O) groups excluding carboxylic acids is 1. The van der Waals surface area contributed by atoms with Gasteiger partial charge in [-0.25, -0.2) is 4.98 Å². The van der Waals surface area contributed by atoms with Crippen molar-refractivity contribution in [3.05, 3.63) is 64.4 Å². The molecule has 0 aliphatic carbocycles. The summed E-state index contributed by atoms with van der Waals surface area (Å²) < 4.78 is 6.73. The van der Waals surface area contributed by atoms with E-state index in [1.165, 1.54) is 4.57 Å². The Hall–Kier alpha value is -3.35. The van der Waals surface area contributed by atoms with Crippen LogP contribution in [0, 0.1) is 0 Å². The molecule has 0 saturated carbocycles. The summed E-state index contributed by atoms with van der Waals surface area (Å²) >= 11 is 0. The maximum absolute atomic E-state index is 12.6. The zero-order valence-electron chi connectivity index (χ0n) is 14.7. The van der Waals surface area contributed by atoms with Crippen LogP contribution in [0.15, 0.2) is 53.3 Å². The lowest BCUT2D eigenvalue weighted by Crippen LogP contribution is -2.35. The fraction of sp³-hybridized carbons (Fsp3) is 0.211. The predicted molar refractivity (Wildman–Crippen MR) is 100 cm³/mol. The van der Waals surface area contributed by atoms with E-state index in [2.05, 4.69) is 15.8 Å². The van der Waals surface area contributed by atoms with Gasteiger partial charge in [0.05, 0.1) is 24.4 Å². The van der Waals surface area contributed by atoms with Crippen molar-refractivity contribution in [1.82, 2.24) is 15.0 Å². The molecule has 0 radical (unpaired) electrons. The first-order chi connectivity index (χ1) is 12.6. The topological polar surface area (TPSA) is 85.2 Å². The Labute approximate surface area is 150 Å². The molecule has 3 rings (SSSR count). The van der Waals surface area contributed by atoms with Crippen LogP contribution in [0.1, 0.15) is 12.5 Å². The Balaban J connectivity index is 1.79. The number of fused-ring (bicyclic) bond motifs is 1. The zero-order valence-corrected chi connectivity index (χ0v) is 14.7. The summed E-state index contributed by atoms with van der Waals surface area (Å²) in [5, 5.41) is 0.542. The highest BCUT2D eigenvalue weighted by Crippen LogP contribution is 2.17. The summed E-state index contributed by atoms with van der Waals surface area (Å²) in [4.78, 5) is 29.2. The van der Waals surface area contributed by atoms with E-state index < -0.39 is 0 Å². The fourth-order valence-corrected chi connectivity index (χ4v) is 2.75. The van der Waals surface area contributed by atoms with Crippen molar-refractivity contribution in [3.63, 3.8) is 0 Å². The number of ether oxygens (including phenoxy) is 1. The van der Waals surface area contributed by atoms with E-state index in [0.29, 0.717) is 29.1 Å². The number of para-hydroxylation sites is 2. The van der Waals surface area contributed by atoms with Crippen LogP contribution in [0.3, 0.4) is 0 Å². The maximum atomic E-state index is 12.6. The number of methoxy groups -OCH3 is 1. The first kappa shape index (κ1) is 17.5. The highest BCUT2D eigenvalue weighted by Gasteiger charge is 2.12. The van der Waals surface area contributed by atoms with Crippen molar-refractivity contribution in [2.75, 3.05) is 12.5 Å². The summed E-state index contributed by atoms with van der Waals surface area (Å²) in [6.45, 7) is 2.28. The van der Waals surface area contributed by atoms with Crippen LogP contribution in [-0.2, 0) is 17.8 Å². The van der Waals surface area contributed by atoms with Crippen LogP contribution >= 0.6 is 0 Å². The van der Waals surface area contributed by atoms with E-state index in [0.717, 1.165) is 5.56 Å². The predicted octanol–water partition coefficient (Wildman–Crippen LogP) is 2.11. The van der Waals surface area contributed by atoms with Crippen LogP contribution in [0.25, 0.3) is 10.9 Å². The number of hydrogen-bond donors (Lipinski definition) is 2. The first-order valence-corrected chi connectivity index (χ1v) is 8.30. The lowest BCUT2D eigenvalue weighted by Gasteiger charge is -2.14. The number of rotatable bonds is 6. The van der Waals surface area contributed by atoms with Gasteiger partial charge in [-0.1, -0.05) is 30.3 Å². The molecule has 0 spiro atoms. The Kier molecular flexibility index (Phi) is 5.17. The molecule has 0 unspecified atom stereocenters. The van der Waals surface area contributed by atoms with Gasteiger partial charge in [0, 0.05) is 12.1 Å². The van der Waals surface area contributed by atoms with Gasteiger partial charge in [0.2, 0.25) is 11.9 Å². The fourth-order valence-electron chi connectivity index (χ4n) is 2.75. The minimum Gasteiger partial charge on any atom is -0.496 e. The minimum atomic E-state index is -0.264. The second kappa shape index (κ2) is 7.69. The number of nitrogens with one attached hydrogen (secondary N) is 2. The van der Waals surface area contributed by atoms with Gasteiger partial charge in [-0.05, 0) is 25.1 Å². The molecule has 2 aromatic carbocycles. The van der Waals surface area contributed by atoms with E-state index in [1.807, 2.05) is 31.2 Å². The second-order valence-corrected chi connectivity index (χ2v) is 5.66. The molecule has 1 amide bonds. The Morgan fingerprint density at radius 1 is 1.15 bits per heavy atom. The van der Waals surface area contributed by atoms with Crippen molar-refractivity contribution >= 4 is 22.8 Å². The molecule has 3 aromatic rings. The average Bonchev–Trinajstić information content (AvgIpc) is 2.67. The van der Waals surface area contributed by atoms with Crippen molar-refractivity contribution in [3.8, 4) is 5.75 Å². The van der Waals surface area contributed by atoms with Crippen molar-refractivity contribution in [2.24, 2.45) is 0 Å². The zero-order chi connectivity index (χ0) is 18.5. The van der Waals surface area contributed by atoms with Gasteiger partial charge < -0.3 is 4.74 Å². The average molecular weight is 352 g/mol. The van der Waals surface area contributed by atoms with E-state index >= 15 is 0 Å². The van der Waals surface area contributed by atoms with Gasteiger partial charge >= 0.3 is 0 Å². The summed E-state index contributed by atoms with van der Waals surface area (Å²) in [5.74, 6) is 0.682. The van der Waals surface area contributed by atoms with Crippen molar-refractivity contribution in [2.45, 2.75) is 19.9 Å². The molecule has 7 heteroatoms. The third-order valence-corrected chi connectivity index (χ3v) is 4.04. The smallest absolute Gasteiger partial charge is 0.262 e.